The molecule has 1 heterocycles. The Labute approximate surface area is 177 Å². The first-order chi connectivity index (χ1) is 14.4. The molecule has 0 bridgehead atoms. The molecule has 2 aromatic rings. The highest BCUT2D eigenvalue weighted by atomic mass is 32.2. The molecule has 1 aliphatic rings. The number of amides is 1. The summed E-state index contributed by atoms with van der Waals surface area (Å²) in [5.41, 5.74) is 0.807. The summed E-state index contributed by atoms with van der Waals surface area (Å²) in [5, 5.41) is 2.84. The zero-order valence-corrected chi connectivity index (χ0v) is 17.6. The molecular formula is C22H27FN2O4S. The van der Waals surface area contributed by atoms with Crippen LogP contribution in [0.3, 0.4) is 0 Å². The minimum absolute atomic E-state index is 0.0505. The molecule has 1 amide bonds. The van der Waals surface area contributed by atoms with Crippen LogP contribution in [0.4, 0.5) is 4.39 Å². The number of hydrogen-bond donors (Lipinski definition) is 1. The zero-order valence-electron chi connectivity index (χ0n) is 16.8. The van der Waals surface area contributed by atoms with Crippen LogP contribution in [0.15, 0.2) is 59.5 Å². The summed E-state index contributed by atoms with van der Waals surface area (Å²) < 4.78 is 45.0. The molecule has 2 aromatic carbocycles. The molecule has 3 rings (SSSR count). The molecule has 1 fully saturated rings. The normalized spacial score (nSPS) is 15.8. The Balaban J connectivity index is 1.32. The molecule has 0 spiro atoms. The monoisotopic (exact) mass is 434 g/mol. The maximum Gasteiger partial charge on any atom is 0.246 e. The van der Waals surface area contributed by atoms with Crippen molar-refractivity contribution in [2.24, 2.45) is 5.92 Å². The highest BCUT2D eigenvalue weighted by Crippen LogP contribution is 2.25. The standard InChI is InChI=1S/C22H27FN2O4S/c23-20-8-6-19(7-9-20)16-29-17-22(26)24-13-10-18-11-14-25(15-12-18)30(27,28)21-4-2-1-3-5-21/h1-9,18H,10-17H2,(H,24,26). The third-order valence-electron chi connectivity index (χ3n) is 5.24. The minimum atomic E-state index is -3.43. The van der Waals surface area contributed by atoms with Crippen LogP contribution in [0.2, 0.25) is 0 Å². The lowest BCUT2D eigenvalue weighted by molar-refractivity contribution is -0.126. The largest absolute Gasteiger partial charge is 0.367 e. The Morgan fingerprint density at radius 2 is 1.73 bits per heavy atom. The number of piperidine rings is 1. The Hall–Kier alpha value is -2.29. The molecule has 0 unspecified atom stereocenters. The maximum absolute atomic E-state index is 12.9. The molecule has 0 aromatic heterocycles. The van der Waals surface area contributed by atoms with Gasteiger partial charge in [-0.15, -0.1) is 0 Å². The van der Waals surface area contributed by atoms with Crippen molar-refractivity contribution in [1.29, 1.82) is 0 Å². The number of carbonyl (C=O) groups is 1. The quantitative estimate of drug-likeness (QED) is 0.658. The van der Waals surface area contributed by atoms with Gasteiger partial charge in [0.25, 0.3) is 0 Å². The zero-order chi connectivity index (χ0) is 21.4. The van der Waals surface area contributed by atoms with Crippen molar-refractivity contribution < 1.29 is 22.3 Å². The number of nitrogens with zero attached hydrogens (tertiary/aromatic N) is 1. The topological polar surface area (TPSA) is 75.7 Å². The van der Waals surface area contributed by atoms with E-state index >= 15 is 0 Å². The number of sulfonamides is 1. The number of halogens is 1. The van der Waals surface area contributed by atoms with E-state index in [1.807, 2.05) is 0 Å². The van der Waals surface area contributed by atoms with Crippen molar-refractivity contribution in [3.8, 4) is 0 Å². The average Bonchev–Trinajstić information content (AvgIpc) is 2.76. The molecule has 6 nitrogen and oxygen atoms in total. The molecule has 0 saturated carbocycles. The lowest BCUT2D eigenvalue weighted by atomic mass is 9.95. The predicted molar refractivity (Wildman–Crippen MR) is 112 cm³/mol. The molecule has 0 atom stereocenters. The van der Waals surface area contributed by atoms with E-state index < -0.39 is 10.0 Å². The van der Waals surface area contributed by atoms with E-state index in [1.54, 1.807) is 46.8 Å². The van der Waals surface area contributed by atoms with Crippen LogP contribution < -0.4 is 5.32 Å². The van der Waals surface area contributed by atoms with Crippen LogP contribution in [0.5, 0.6) is 0 Å². The molecule has 162 valence electrons. The number of rotatable bonds is 9. The van der Waals surface area contributed by atoms with Gasteiger partial charge in [0.2, 0.25) is 15.9 Å². The summed E-state index contributed by atoms with van der Waals surface area (Å²) in [4.78, 5) is 12.2. The van der Waals surface area contributed by atoms with Gasteiger partial charge in [-0.3, -0.25) is 4.79 Å². The lowest BCUT2D eigenvalue weighted by Crippen LogP contribution is -2.39. The fourth-order valence-corrected chi connectivity index (χ4v) is 4.98. The molecular weight excluding hydrogens is 407 g/mol. The van der Waals surface area contributed by atoms with Gasteiger partial charge in [0, 0.05) is 19.6 Å². The van der Waals surface area contributed by atoms with Crippen molar-refractivity contribution >= 4 is 15.9 Å². The Morgan fingerprint density at radius 3 is 2.40 bits per heavy atom. The SMILES string of the molecule is O=C(COCc1ccc(F)cc1)NCCC1CCN(S(=O)(=O)c2ccccc2)CC1. The van der Waals surface area contributed by atoms with Crippen LogP contribution in [-0.2, 0) is 26.2 Å². The smallest absolute Gasteiger partial charge is 0.246 e. The van der Waals surface area contributed by atoms with Crippen LogP contribution in [-0.4, -0.2) is 44.9 Å². The van der Waals surface area contributed by atoms with E-state index in [2.05, 4.69) is 5.32 Å². The van der Waals surface area contributed by atoms with Gasteiger partial charge in [0.05, 0.1) is 11.5 Å². The predicted octanol–water partition coefficient (Wildman–Crippen LogP) is 2.95. The van der Waals surface area contributed by atoms with E-state index in [0.29, 0.717) is 30.4 Å². The van der Waals surface area contributed by atoms with Gasteiger partial charge in [0.15, 0.2) is 0 Å². The Bertz CT molecular complexity index is 912. The molecule has 1 saturated heterocycles. The van der Waals surface area contributed by atoms with E-state index in [0.717, 1.165) is 24.8 Å². The minimum Gasteiger partial charge on any atom is -0.367 e. The van der Waals surface area contributed by atoms with Crippen molar-refractivity contribution in [3.05, 3.63) is 66.0 Å². The molecule has 1 aliphatic heterocycles. The van der Waals surface area contributed by atoms with Crippen LogP contribution in [0.25, 0.3) is 0 Å². The van der Waals surface area contributed by atoms with Crippen molar-refractivity contribution in [1.82, 2.24) is 9.62 Å². The first-order valence-corrected chi connectivity index (χ1v) is 11.5. The van der Waals surface area contributed by atoms with E-state index in [1.165, 1.54) is 12.1 Å². The van der Waals surface area contributed by atoms with Crippen LogP contribution >= 0.6 is 0 Å². The highest BCUT2D eigenvalue weighted by molar-refractivity contribution is 7.89. The molecule has 0 radical (unpaired) electrons. The van der Waals surface area contributed by atoms with Crippen molar-refractivity contribution in [2.75, 3.05) is 26.2 Å². The molecule has 30 heavy (non-hydrogen) atoms. The van der Waals surface area contributed by atoms with Gasteiger partial charge >= 0.3 is 0 Å². The van der Waals surface area contributed by atoms with Crippen molar-refractivity contribution in [3.63, 3.8) is 0 Å². The van der Waals surface area contributed by atoms with Gasteiger partial charge < -0.3 is 10.1 Å². The number of nitrogens with one attached hydrogen (secondary N) is 1. The summed E-state index contributed by atoms with van der Waals surface area (Å²) in [6.07, 6.45) is 2.37. The number of ether oxygens (including phenoxy) is 1. The second kappa shape index (κ2) is 10.7. The number of benzene rings is 2. The Kier molecular flexibility index (Phi) is 7.95. The fourth-order valence-electron chi connectivity index (χ4n) is 3.49. The third kappa shape index (κ3) is 6.35. The lowest BCUT2D eigenvalue weighted by Gasteiger charge is -2.31. The summed E-state index contributed by atoms with van der Waals surface area (Å²) in [6.45, 7) is 1.73. The number of carbonyl (C=O) groups excluding carboxylic acids is 1. The fraction of sp³-hybridized carbons (Fsp3) is 0.409. The highest BCUT2D eigenvalue weighted by Gasteiger charge is 2.29. The van der Waals surface area contributed by atoms with E-state index in [4.69, 9.17) is 4.74 Å². The van der Waals surface area contributed by atoms with Gasteiger partial charge in [-0.1, -0.05) is 30.3 Å². The number of hydrogen-bond acceptors (Lipinski definition) is 4. The summed E-state index contributed by atoms with van der Waals surface area (Å²) >= 11 is 0. The van der Waals surface area contributed by atoms with Crippen LogP contribution in [0.1, 0.15) is 24.8 Å². The van der Waals surface area contributed by atoms with E-state index in [-0.39, 0.29) is 24.9 Å². The van der Waals surface area contributed by atoms with Crippen molar-refractivity contribution in [2.45, 2.75) is 30.8 Å². The van der Waals surface area contributed by atoms with Gasteiger partial charge in [-0.05, 0) is 55.0 Å². The average molecular weight is 435 g/mol. The van der Waals surface area contributed by atoms with Gasteiger partial charge in [-0.2, -0.15) is 4.31 Å². The van der Waals surface area contributed by atoms with Crippen LogP contribution in [0, 0.1) is 11.7 Å². The van der Waals surface area contributed by atoms with Gasteiger partial charge in [-0.25, -0.2) is 12.8 Å². The van der Waals surface area contributed by atoms with Gasteiger partial charge in [0.1, 0.15) is 12.4 Å². The second-order valence-corrected chi connectivity index (χ2v) is 9.36. The molecule has 0 aliphatic carbocycles. The molecule has 8 heteroatoms. The third-order valence-corrected chi connectivity index (χ3v) is 7.16. The Morgan fingerprint density at radius 1 is 1.07 bits per heavy atom. The summed E-state index contributed by atoms with van der Waals surface area (Å²) in [6, 6.07) is 14.5. The first kappa shape index (κ1) is 22.4. The van der Waals surface area contributed by atoms with E-state index in [9.17, 15) is 17.6 Å². The summed E-state index contributed by atoms with van der Waals surface area (Å²) in [5.74, 6) is -0.117. The maximum atomic E-state index is 12.9. The first-order valence-electron chi connectivity index (χ1n) is 10.1. The molecule has 1 N–H and O–H groups in total. The summed E-state index contributed by atoms with van der Waals surface area (Å²) in [7, 11) is -3.43. The second-order valence-electron chi connectivity index (χ2n) is 7.42.